The van der Waals surface area contributed by atoms with Gasteiger partial charge in [-0.05, 0) is 31.5 Å². The number of carbonyl (C=O) groups excluding carboxylic acids is 1. The van der Waals surface area contributed by atoms with Crippen molar-refractivity contribution in [3.05, 3.63) is 69.6 Å². The first-order valence-electron chi connectivity index (χ1n) is 7.29. The second-order valence-corrected chi connectivity index (χ2v) is 6.55. The van der Waals surface area contributed by atoms with Crippen LogP contribution in [-0.2, 0) is 7.05 Å². The maximum absolute atomic E-state index is 12.3. The van der Waals surface area contributed by atoms with Crippen molar-refractivity contribution in [1.29, 1.82) is 0 Å². The standard InChI is InChI=1S/C18H17N3OS/c1-12-6-8-14(9-7-12)16-13(2)23-18(21(16)3)20-17(22)15-5-4-10-19-11-15/h4-11H,1-3H3. The lowest BCUT2D eigenvalue weighted by Gasteiger charge is -2.05. The van der Waals surface area contributed by atoms with E-state index >= 15 is 0 Å². The van der Waals surface area contributed by atoms with Crippen molar-refractivity contribution in [2.24, 2.45) is 12.0 Å². The Labute approximate surface area is 138 Å². The third-order valence-electron chi connectivity index (χ3n) is 3.63. The molecule has 0 N–H and O–H groups in total. The van der Waals surface area contributed by atoms with E-state index in [2.05, 4.69) is 41.2 Å². The van der Waals surface area contributed by atoms with E-state index in [1.807, 2.05) is 18.5 Å². The zero-order chi connectivity index (χ0) is 16.4. The molecule has 1 aromatic carbocycles. The number of aromatic nitrogens is 2. The molecule has 1 amide bonds. The number of carbonyl (C=O) groups is 1. The van der Waals surface area contributed by atoms with Crippen LogP contribution in [0.25, 0.3) is 11.3 Å². The Kier molecular flexibility index (Phi) is 4.21. The van der Waals surface area contributed by atoms with E-state index in [0.29, 0.717) is 10.4 Å². The summed E-state index contributed by atoms with van der Waals surface area (Å²) < 4.78 is 1.97. The van der Waals surface area contributed by atoms with Crippen molar-refractivity contribution in [3.8, 4) is 11.3 Å². The molecule has 3 rings (SSSR count). The number of hydrogen-bond donors (Lipinski definition) is 0. The Morgan fingerprint density at radius 2 is 1.91 bits per heavy atom. The zero-order valence-electron chi connectivity index (χ0n) is 13.3. The molecule has 116 valence electrons. The second-order valence-electron chi connectivity index (χ2n) is 5.37. The molecule has 0 spiro atoms. The Hall–Kier alpha value is -2.53. The van der Waals surface area contributed by atoms with Crippen LogP contribution in [0.3, 0.4) is 0 Å². The summed E-state index contributed by atoms with van der Waals surface area (Å²) in [4.78, 5) is 22.3. The van der Waals surface area contributed by atoms with E-state index in [-0.39, 0.29) is 5.91 Å². The van der Waals surface area contributed by atoms with Gasteiger partial charge in [-0.15, -0.1) is 11.3 Å². The van der Waals surface area contributed by atoms with Gasteiger partial charge >= 0.3 is 0 Å². The fraction of sp³-hybridized carbons (Fsp3) is 0.167. The molecule has 0 radical (unpaired) electrons. The molecular weight excluding hydrogens is 306 g/mol. The van der Waals surface area contributed by atoms with E-state index in [0.717, 1.165) is 16.1 Å². The fourth-order valence-corrected chi connectivity index (χ4v) is 3.41. The normalized spacial score (nSPS) is 11.7. The van der Waals surface area contributed by atoms with Gasteiger partial charge in [-0.1, -0.05) is 29.8 Å². The molecule has 0 aliphatic carbocycles. The van der Waals surface area contributed by atoms with E-state index in [4.69, 9.17) is 0 Å². The van der Waals surface area contributed by atoms with Crippen molar-refractivity contribution in [3.63, 3.8) is 0 Å². The highest BCUT2D eigenvalue weighted by atomic mass is 32.1. The number of pyridine rings is 1. The summed E-state index contributed by atoms with van der Waals surface area (Å²) in [6.45, 7) is 4.12. The first-order chi connectivity index (χ1) is 11.1. The van der Waals surface area contributed by atoms with Gasteiger partial charge in [0.15, 0.2) is 4.80 Å². The monoisotopic (exact) mass is 323 g/mol. The van der Waals surface area contributed by atoms with Gasteiger partial charge in [0.05, 0.1) is 11.3 Å². The van der Waals surface area contributed by atoms with Gasteiger partial charge in [0, 0.05) is 24.3 Å². The van der Waals surface area contributed by atoms with Crippen molar-refractivity contribution in [2.45, 2.75) is 13.8 Å². The first-order valence-corrected chi connectivity index (χ1v) is 8.10. The number of aryl methyl sites for hydroxylation is 2. The second kappa shape index (κ2) is 6.30. The minimum atomic E-state index is -0.273. The maximum Gasteiger partial charge on any atom is 0.281 e. The number of hydrogen-bond acceptors (Lipinski definition) is 3. The molecule has 0 saturated heterocycles. The molecule has 0 aliphatic heterocycles. The van der Waals surface area contributed by atoms with Crippen LogP contribution in [0.15, 0.2) is 53.8 Å². The molecule has 0 saturated carbocycles. The number of nitrogens with zero attached hydrogens (tertiary/aromatic N) is 3. The third-order valence-corrected chi connectivity index (χ3v) is 4.68. The average molecular weight is 323 g/mol. The summed E-state index contributed by atoms with van der Waals surface area (Å²) in [5.41, 5.74) is 3.94. The van der Waals surface area contributed by atoms with Gasteiger partial charge in [-0.2, -0.15) is 4.99 Å². The van der Waals surface area contributed by atoms with Crippen molar-refractivity contribution >= 4 is 17.2 Å². The average Bonchev–Trinajstić information content (AvgIpc) is 2.83. The smallest absolute Gasteiger partial charge is 0.281 e. The summed E-state index contributed by atoms with van der Waals surface area (Å²) in [7, 11) is 1.94. The lowest BCUT2D eigenvalue weighted by molar-refractivity contribution is 0.0997. The molecule has 0 bridgehead atoms. The molecule has 2 aromatic heterocycles. The molecule has 0 unspecified atom stereocenters. The van der Waals surface area contributed by atoms with Gasteiger partial charge in [0.25, 0.3) is 5.91 Å². The van der Waals surface area contributed by atoms with Crippen LogP contribution < -0.4 is 4.80 Å². The van der Waals surface area contributed by atoms with Gasteiger partial charge in [-0.3, -0.25) is 9.78 Å². The van der Waals surface area contributed by atoms with Gasteiger partial charge < -0.3 is 4.57 Å². The van der Waals surface area contributed by atoms with Crippen molar-refractivity contribution in [2.75, 3.05) is 0 Å². The van der Waals surface area contributed by atoms with Crippen LogP contribution >= 0.6 is 11.3 Å². The van der Waals surface area contributed by atoms with Crippen molar-refractivity contribution < 1.29 is 4.79 Å². The summed E-state index contributed by atoms with van der Waals surface area (Å²) >= 11 is 1.52. The van der Waals surface area contributed by atoms with Crippen LogP contribution in [0.1, 0.15) is 20.8 Å². The predicted molar refractivity (Wildman–Crippen MR) is 92.3 cm³/mol. The van der Waals surface area contributed by atoms with Crippen LogP contribution in [0.2, 0.25) is 0 Å². The number of thiazole rings is 1. The number of amides is 1. The maximum atomic E-state index is 12.3. The van der Waals surface area contributed by atoms with Crippen LogP contribution in [0, 0.1) is 13.8 Å². The molecular formula is C18H17N3OS. The minimum absolute atomic E-state index is 0.273. The van der Waals surface area contributed by atoms with Crippen LogP contribution in [0.4, 0.5) is 0 Å². The number of benzene rings is 1. The van der Waals surface area contributed by atoms with Gasteiger partial charge in [0.2, 0.25) is 0 Å². The molecule has 0 fully saturated rings. The lowest BCUT2D eigenvalue weighted by Crippen LogP contribution is -2.14. The lowest BCUT2D eigenvalue weighted by atomic mass is 10.1. The summed E-state index contributed by atoms with van der Waals surface area (Å²) in [5, 5.41) is 0. The van der Waals surface area contributed by atoms with E-state index in [1.165, 1.54) is 23.1 Å². The van der Waals surface area contributed by atoms with Gasteiger partial charge in [-0.25, -0.2) is 0 Å². The van der Waals surface area contributed by atoms with E-state index in [9.17, 15) is 4.79 Å². The summed E-state index contributed by atoms with van der Waals surface area (Å²) in [6.07, 6.45) is 3.18. The van der Waals surface area contributed by atoms with E-state index < -0.39 is 0 Å². The van der Waals surface area contributed by atoms with Gasteiger partial charge in [0.1, 0.15) is 0 Å². The Morgan fingerprint density at radius 3 is 2.57 bits per heavy atom. The molecule has 0 atom stereocenters. The van der Waals surface area contributed by atoms with E-state index in [1.54, 1.807) is 18.3 Å². The molecule has 2 heterocycles. The van der Waals surface area contributed by atoms with Crippen LogP contribution in [-0.4, -0.2) is 15.5 Å². The summed E-state index contributed by atoms with van der Waals surface area (Å²) in [6, 6.07) is 11.8. The third kappa shape index (κ3) is 3.14. The Morgan fingerprint density at radius 1 is 1.17 bits per heavy atom. The van der Waals surface area contributed by atoms with Crippen LogP contribution in [0.5, 0.6) is 0 Å². The largest absolute Gasteiger partial charge is 0.319 e. The highest BCUT2D eigenvalue weighted by Crippen LogP contribution is 2.24. The molecule has 4 nitrogen and oxygen atoms in total. The minimum Gasteiger partial charge on any atom is -0.319 e. The molecule has 0 aliphatic rings. The predicted octanol–water partition coefficient (Wildman–Crippen LogP) is 3.51. The first kappa shape index (κ1) is 15.4. The summed E-state index contributed by atoms with van der Waals surface area (Å²) in [5.74, 6) is -0.273. The zero-order valence-corrected chi connectivity index (χ0v) is 14.1. The SMILES string of the molecule is Cc1ccc(-c2c(C)sc(=NC(=O)c3cccnc3)n2C)cc1. The Balaban J connectivity index is 2.06. The molecule has 3 aromatic rings. The van der Waals surface area contributed by atoms with Crippen molar-refractivity contribution in [1.82, 2.24) is 9.55 Å². The Bertz CT molecular complexity index is 906. The fourth-order valence-electron chi connectivity index (χ4n) is 2.43. The molecule has 23 heavy (non-hydrogen) atoms. The number of rotatable bonds is 2. The highest BCUT2D eigenvalue weighted by Gasteiger charge is 2.11. The topological polar surface area (TPSA) is 47.2 Å². The quantitative estimate of drug-likeness (QED) is 0.724. The highest BCUT2D eigenvalue weighted by molar-refractivity contribution is 7.09. The molecule has 5 heteroatoms.